The SMILES string of the molecule is O=C(CCCn1c(=O)[nH]c2ccccc2c1=O)NCc1ccco1. The first kappa shape index (κ1) is 15.8. The Morgan fingerprint density at radius 3 is 2.79 bits per heavy atom. The maximum atomic E-state index is 12.3. The van der Waals surface area contributed by atoms with Gasteiger partial charge in [-0.25, -0.2) is 4.79 Å². The number of H-pyrrole nitrogens is 1. The van der Waals surface area contributed by atoms with E-state index < -0.39 is 5.69 Å². The monoisotopic (exact) mass is 327 g/mol. The van der Waals surface area contributed by atoms with Gasteiger partial charge in [0, 0.05) is 13.0 Å². The molecular formula is C17H17N3O4. The number of para-hydroxylation sites is 1. The Bertz CT molecular complexity index is 954. The topological polar surface area (TPSA) is 97.1 Å². The standard InChI is InChI=1S/C17H17N3O4/c21-15(18-11-12-5-4-10-24-12)8-3-9-20-16(22)13-6-1-2-7-14(13)19-17(20)23/h1-2,4-7,10H,3,8-9,11H2,(H,18,21)(H,19,23). The fourth-order valence-electron chi connectivity index (χ4n) is 2.49. The second-order valence-electron chi connectivity index (χ2n) is 5.39. The summed E-state index contributed by atoms with van der Waals surface area (Å²) in [6, 6.07) is 10.4. The van der Waals surface area contributed by atoms with Gasteiger partial charge in [0.2, 0.25) is 5.91 Å². The Kier molecular flexibility index (Phi) is 4.60. The third-order valence-corrected chi connectivity index (χ3v) is 3.71. The maximum absolute atomic E-state index is 12.3. The lowest BCUT2D eigenvalue weighted by Gasteiger charge is -2.07. The Labute approximate surface area is 136 Å². The molecule has 124 valence electrons. The van der Waals surface area contributed by atoms with E-state index in [1.807, 2.05) is 0 Å². The van der Waals surface area contributed by atoms with Gasteiger partial charge < -0.3 is 14.7 Å². The zero-order valence-electron chi connectivity index (χ0n) is 13.0. The highest BCUT2D eigenvalue weighted by Gasteiger charge is 2.08. The van der Waals surface area contributed by atoms with E-state index in [0.29, 0.717) is 29.6 Å². The van der Waals surface area contributed by atoms with E-state index in [9.17, 15) is 14.4 Å². The van der Waals surface area contributed by atoms with Crippen LogP contribution in [0.4, 0.5) is 0 Å². The molecule has 24 heavy (non-hydrogen) atoms. The lowest BCUT2D eigenvalue weighted by Crippen LogP contribution is -2.35. The van der Waals surface area contributed by atoms with E-state index in [1.54, 1.807) is 42.7 Å². The zero-order chi connectivity index (χ0) is 16.9. The molecule has 0 aliphatic carbocycles. The molecule has 0 unspecified atom stereocenters. The van der Waals surface area contributed by atoms with Crippen LogP contribution < -0.4 is 16.6 Å². The average molecular weight is 327 g/mol. The summed E-state index contributed by atoms with van der Waals surface area (Å²) in [6.07, 6.45) is 2.16. The third kappa shape index (κ3) is 3.45. The normalized spacial score (nSPS) is 10.8. The molecule has 0 radical (unpaired) electrons. The second kappa shape index (κ2) is 6.99. The fourth-order valence-corrected chi connectivity index (χ4v) is 2.49. The number of fused-ring (bicyclic) bond motifs is 1. The number of carbonyl (C=O) groups excluding carboxylic acids is 1. The summed E-state index contributed by atoms with van der Waals surface area (Å²) in [5.74, 6) is 0.516. The van der Waals surface area contributed by atoms with Crippen LogP contribution in [0.3, 0.4) is 0 Å². The van der Waals surface area contributed by atoms with E-state index in [-0.39, 0.29) is 24.4 Å². The number of nitrogens with one attached hydrogen (secondary N) is 2. The highest BCUT2D eigenvalue weighted by Crippen LogP contribution is 2.03. The van der Waals surface area contributed by atoms with Crippen molar-refractivity contribution >= 4 is 16.8 Å². The first-order valence-corrected chi connectivity index (χ1v) is 7.66. The van der Waals surface area contributed by atoms with E-state index in [1.165, 1.54) is 0 Å². The van der Waals surface area contributed by atoms with Crippen LogP contribution in [0.15, 0.2) is 56.7 Å². The predicted octanol–water partition coefficient (Wildman–Crippen LogP) is 1.38. The highest BCUT2D eigenvalue weighted by molar-refractivity contribution is 5.77. The molecule has 0 saturated heterocycles. The number of benzene rings is 1. The molecule has 2 aromatic heterocycles. The predicted molar refractivity (Wildman–Crippen MR) is 88.6 cm³/mol. The van der Waals surface area contributed by atoms with Gasteiger partial charge in [0.25, 0.3) is 5.56 Å². The fraction of sp³-hybridized carbons (Fsp3) is 0.235. The molecule has 3 rings (SSSR count). The van der Waals surface area contributed by atoms with Crippen molar-refractivity contribution in [3.63, 3.8) is 0 Å². The van der Waals surface area contributed by atoms with Gasteiger partial charge in [0.1, 0.15) is 5.76 Å². The van der Waals surface area contributed by atoms with Gasteiger partial charge in [-0.3, -0.25) is 14.2 Å². The molecule has 2 N–H and O–H groups in total. The molecule has 0 aliphatic heterocycles. The van der Waals surface area contributed by atoms with Crippen molar-refractivity contribution in [1.82, 2.24) is 14.9 Å². The number of hydrogen-bond donors (Lipinski definition) is 2. The zero-order valence-corrected chi connectivity index (χ0v) is 13.0. The summed E-state index contributed by atoms with van der Waals surface area (Å²) in [4.78, 5) is 38.8. The molecule has 1 aromatic carbocycles. The minimum absolute atomic E-state index is 0.156. The molecule has 1 amide bonds. The molecule has 2 heterocycles. The molecular weight excluding hydrogens is 310 g/mol. The molecule has 0 spiro atoms. The average Bonchev–Trinajstić information content (AvgIpc) is 3.09. The van der Waals surface area contributed by atoms with Gasteiger partial charge in [0.05, 0.1) is 23.7 Å². The third-order valence-electron chi connectivity index (χ3n) is 3.71. The number of aromatic amines is 1. The van der Waals surface area contributed by atoms with Gasteiger partial charge in [-0.05, 0) is 30.7 Å². The van der Waals surface area contributed by atoms with Crippen LogP contribution in [0.1, 0.15) is 18.6 Å². The lowest BCUT2D eigenvalue weighted by atomic mass is 10.2. The van der Waals surface area contributed by atoms with Crippen molar-refractivity contribution in [2.24, 2.45) is 0 Å². The first-order chi connectivity index (χ1) is 11.6. The van der Waals surface area contributed by atoms with Crippen molar-refractivity contribution in [3.8, 4) is 0 Å². The van der Waals surface area contributed by atoms with Crippen molar-refractivity contribution in [2.45, 2.75) is 25.9 Å². The summed E-state index contributed by atoms with van der Waals surface area (Å²) in [5, 5.41) is 3.18. The number of carbonyl (C=O) groups is 1. The Morgan fingerprint density at radius 2 is 2.00 bits per heavy atom. The second-order valence-corrected chi connectivity index (χ2v) is 5.39. The number of furan rings is 1. The molecule has 0 saturated carbocycles. The Hall–Kier alpha value is -3.09. The molecule has 3 aromatic rings. The number of aromatic nitrogens is 2. The van der Waals surface area contributed by atoms with E-state index >= 15 is 0 Å². The Balaban J connectivity index is 1.60. The van der Waals surface area contributed by atoms with E-state index in [4.69, 9.17) is 4.42 Å². The number of nitrogens with zero attached hydrogens (tertiary/aromatic N) is 1. The summed E-state index contributed by atoms with van der Waals surface area (Å²) < 4.78 is 6.25. The van der Waals surface area contributed by atoms with Crippen LogP contribution in [0.2, 0.25) is 0 Å². The number of hydrogen-bond acceptors (Lipinski definition) is 4. The first-order valence-electron chi connectivity index (χ1n) is 7.66. The van der Waals surface area contributed by atoms with Crippen LogP contribution in [0, 0.1) is 0 Å². The van der Waals surface area contributed by atoms with E-state index in [0.717, 1.165) is 4.57 Å². The molecule has 0 aliphatic rings. The van der Waals surface area contributed by atoms with Crippen molar-refractivity contribution in [1.29, 1.82) is 0 Å². The molecule has 7 nitrogen and oxygen atoms in total. The molecule has 7 heteroatoms. The molecule has 0 atom stereocenters. The van der Waals surface area contributed by atoms with Gasteiger partial charge in [0.15, 0.2) is 0 Å². The van der Waals surface area contributed by atoms with Gasteiger partial charge in [-0.1, -0.05) is 12.1 Å². The van der Waals surface area contributed by atoms with Crippen LogP contribution >= 0.6 is 0 Å². The quantitative estimate of drug-likeness (QED) is 0.715. The van der Waals surface area contributed by atoms with Crippen molar-refractivity contribution in [3.05, 3.63) is 69.3 Å². The smallest absolute Gasteiger partial charge is 0.328 e. The maximum Gasteiger partial charge on any atom is 0.328 e. The van der Waals surface area contributed by atoms with Crippen LogP contribution in [0.5, 0.6) is 0 Å². The van der Waals surface area contributed by atoms with Gasteiger partial charge in [-0.2, -0.15) is 0 Å². The summed E-state index contributed by atoms with van der Waals surface area (Å²) in [5.41, 5.74) is -0.292. The van der Waals surface area contributed by atoms with Crippen molar-refractivity contribution < 1.29 is 9.21 Å². The minimum atomic E-state index is -0.463. The lowest BCUT2D eigenvalue weighted by molar-refractivity contribution is -0.121. The summed E-state index contributed by atoms with van der Waals surface area (Å²) in [7, 11) is 0. The Morgan fingerprint density at radius 1 is 1.17 bits per heavy atom. The largest absolute Gasteiger partial charge is 0.467 e. The van der Waals surface area contributed by atoms with Gasteiger partial charge >= 0.3 is 5.69 Å². The number of rotatable bonds is 6. The van der Waals surface area contributed by atoms with Crippen LogP contribution in [0.25, 0.3) is 10.9 Å². The van der Waals surface area contributed by atoms with Crippen LogP contribution in [-0.2, 0) is 17.9 Å². The molecule has 0 bridgehead atoms. The number of amides is 1. The van der Waals surface area contributed by atoms with Gasteiger partial charge in [-0.15, -0.1) is 0 Å². The van der Waals surface area contributed by atoms with Crippen molar-refractivity contribution in [2.75, 3.05) is 0 Å². The molecule has 0 fully saturated rings. The summed E-state index contributed by atoms with van der Waals surface area (Å²) >= 11 is 0. The minimum Gasteiger partial charge on any atom is -0.467 e. The highest BCUT2D eigenvalue weighted by atomic mass is 16.3. The van der Waals surface area contributed by atoms with E-state index in [2.05, 4.69) is 10.3 Å². The summed E-state index contributed by atoms with van der Waals surface area (Å²) in [6.45, 7) is 0.509. The van der Waals surface area contributed by atoms with Crippen LogP contribution in [-0.4, -0.2) is 15.5 Å².